The van der Waals surface area contributed by atoms with Gasteiger partial charge in [-0.2, -0.15) is 0 Å². The number of hydrogen-bond acceptors (Lipinski definition) is 3. The molecule has 0 aliphatic rings. The zero-order valence-corrected chi connectivity index (χ0v) is 13.5. The largest absolute Gasteiger partial charge is 0.311 e. The predicted molar refractivity (Wildman–Crippen MR) is 87.3 cm³/mol. The van der Waals surface area contributed by atoms with E-state index >= 15 is 0 Å². The van der Waals surface area contributed by atoms with E-state index in [9.17, 15) is 0 Å². The molecule has 0 saturated carbocycles. The fourth-order valence-electron chi connectivity index (χ4n) is 2.36. The molecule has 1 heterocycles. The number of aromatic nitrogens is 2. The fraction of sp³-hybridized carbons (Fsp3) is 0.444. The van der Waals surface area contributed by atoms with Gasteiger partial charge in [0.2, 0.25) is 0 Å². The van der Waals surface area contributed by atoms with E-state index in [2.05, 4.69) is 66.4 Å². The third-order valence-corrected chi connectivity index (χ3v) is 3.26. The highest BCUT2D eigenvalue weighted by Gasteiger charge is 2.04. The Balaban J connectivity index is 2.07. The predicted octanol–water partition coefficient (Wildman–Crippen LogP) is 3.43. The lowest BCUT2D eigenvalue weighted by atomic mass is 10.1. The standard InChI is InChI=1S/C18H25N3/c1-13(2)11-19-12-17-9-15(4)20-18(21-17)10-16-7-5-6-14(3)8-16/h5-9,13,19H,10-12H2,1-4H3. The zero-order valence-electron chi connectivity index (χ0n) is 13.5. The van der Waals surface area contributed by atoms with Gasteiger partial charge < -0.3 is 5.32 Å². The molecule has 3 nitrogen and oxygen atoms in total. The minimum Gasteiger partial charge on any atom is -0.311 e. The smallest absolute Gasteiger partial charge is 0.133 e. The van der Waals surface area contributed by atoms with Crippen LogP contribution in [0.4, 0.5) is 0 Å². The van der Waals surface area contributed by atoms with Crippen molar-refractivity contribution in [2.75, 3.05) is 6.54 Å². The van der Waals surface area contributed by atoms with Crippen LogP contribution in [0.2, 0.25) is 0 Å². The topological polar surface area (TPSA) is 37.8 Å². The molecule has 0 saturated heterocycles. The van der Waals surface area contributed by atoms with Crippen LogP contribution in [0.3, 0.4) is 0 Å². The first kappa shape index (κ1) is 15.6. The third-order valence-electron chi connectivity index (χ3n) is 3.26. The summed E-state index contributed by atoms with van der Waals surface area (Å²) in [5.41, 5.74) is 4.65. The molecule has 0 bridgehead atoms. The Bertz CT molecular complexity index is 591. The van der Waals surface area contributed by atoms with E-state index in [1.165, 1.54) is 11.1 Å². The van der Waals surface area contributed by atoms with Gasteiger partial charge in [-0.05, 0) is 37.9 Å². The van der Waals surface area contributed by atoms with Crippen LogP contribution in [0, 0.1) is 19.8 Å². The molecule has 0 fully saturated rings. The van der Waals surface area contributed by atoms with Crippen molar-refractivity contribution in [1.29, 1.82) is 0 Å². The number of nitrogens with one attached hydrogen (secondary N) is 1. The van der Waals surface area contributed by atoms with Gasteiger partial charge in [0.1, 0.15) is 5.82 Å². The van der Waals surface area contributed by atoms with Crippen LogP contribution in [-0.4, -0.2) is 16.5 Å². The van der Waals surface area contributed by atoms with Gasteiger partial charge in [0, 0.05) is 18.7 Å². The molecule has 0 radical (unpaired) electrons. The highest BCUT2D eigenvalue weighted by atomic mass is 14.9. The molecule has 0 spiro atoms. The molecule has 0 unspecified atom stereocenters. The van der Waals surface area contributed by atoms with Crippen LogP contribution >= 0.6 is 0 Å². The molecule has 0 amide bonds. The van der Waals surface area contributed by atoms with Crippen LogP contribution < -0.4 is 5.32 Å². The fourth-order valence-corrected chi connectivity index (χ4v) is 2.36. The molecule has 2 aromatic rings. The monoisotopic (exact) mass is 283 g/mol. The van der Waals surface area contributed by atoms with Gasteiger partial charge >= 0.3 is 0 Å². The van der Waals surface area contributed by atoms with Gasteiger partial charge in [0.25, 0.3) is 0 Å². The molecule has 21 heavy (non-hydrogen) atoms. The second-order valence-corrected chi connectivity index (χ2v) is 6.11. The Morgan fingerprint density at radius 2 is 1.90 bits per heavy atom. The first-order valence-electron chi connectivity index (χ1n) is 7.62. The van der Waals surface area contributed by atoms with Crippen LogP contribution in [0.25, 0.3) is 0 Å². The van der Waals surface area contributed by atoms with Crippen molar-refractivity contribution < 1.29 is 0 Å². The molecule has 112 valence electrons. The lowest BCUT2D eigenvalue weighted by molar-refractivity contribution is 0.547. The van der Waals surface area contributed by atoms with Crippen LogP contribution in [0.15, 0.2) is 30.3 Å². The van der Waals surface area contributed by atoms with E-state index < -0.39 is 0 Å². The van der Waals surface area contributed by atoms with E-state index in [4.69, 9.17) is 0 Å². The third kappa shape index (κ3) is 5.27. The Hall–Kier alpha value is -1.74. The van der Waals surface area contributed by atoms with Crippen molar-refractivity contribution in [3.8, 4) is 0 Å². The summed E-state index contributed by atoms with van der Waals surface area (Å²) in [6.07, 6.45) is 0.792. The minimum absolute atomic E-state index is 0.652. The van der Waals surface area contributed by atoms with E-state index in [1.54, 1.807) is 0 Å². The SMILES string of the molecule is Cc1cccc(Cc2nc(C)cc(CNCC(C)C)n2)c1. The van der Waals surface area contributed by atoms with E-state index in [0.29, 0.717) is 5.92 Å². The summed E-state index contributed by atoms with van der Waals surface area (Å²) in [6.45, 7) is 10.4. The highest BCUT2D eigenvalue weighted by Crippen LogP contribution is 2.10. The van der Waals surface area contributed by atoms with Gasteiger partial charge in [0.15, 0.2) is 0 Å². The van der Waals surface area contributed by atoms with Gasteiger partial charge in [-0.25, -0.2) is 9.97 Å². The number of hydrogen-bond donors (Lipinski definition) is 1. The Kier molecular flexibility index (Phi) is 5.45. The average molecular weight is 283 g/mol. The van der Waals surface area contributed by atoms with E-state index in [1.807, 2.05) is 6.92 Å². The lowest BCUT2D eigenvalue weighted by Gasteiger charge is -2.09. The van der Waals surface area contributed by atoms with Crippen molar-refractivity contribution in [3.63, 3.8) is 0 Å². The molecule has 3 heteroatoms. The van der Waals surface area contributed by atoms with Crippen molar-refractivity contribution in [1.82, 2.24) is 15.3 Å². The van der Waals surface area contributed by atoms with Gasteiger partial charge in [0.05, 0.1) is 5.69 Å². The lowest BCUT2D eigenvalue weighted by Crippen LogP contribution is -2.20. The summed E-state index contributed by atoms with van der Waals surface area (Å²) >= 11 is 0. The van der Waals surface area contributed by atoms with Crippen LogP contribution in [-0.2, 0) is 13.0 Å². The molecule has 1 aromatic carbocycles. The molecule has 0 atom stereocenters. The Morgan fingerprint density at radius 3 is 2.62 bits per heavy atom. The first-order chi connectivity index (χ1) is 10.0. The number of rotatable bonds is 6. The highest BCUT2D eigenvalue weighted by molar-refractivity contribution is 5.25. The maximum atomic E-state index is 4.68. The average Bonchev–Trinajstić information content (AvgIpc) is 2.37. The first-order valence-corrected chi connectivity index (χ1v) is 7.62. The summed E-state index contributed by atoms with van der Waals surface area (Å²) in [4.78, 5) is 9.24. The Morgan fingerprint density at radius 1 is 1.10 bits per heavy atom. The Labute approximate surface area is 127 Å². The van der Waals surface area contributed by atoms with Crippen molar-refractivity contribution >= 4 is 0 Å². The summed E-state index contributed by atoms with van der Waals surface area (Å²) < 4.78 is 0. The van der Waals surface area contributed by atoms with Gasteiger partial charge in [-0.15, -0.1) is 0 Å². The van der Waals surface area contributed by atoms with E-state index in [0.717, 1.165) is 36.7 Å². The van der Waals surface area contributed by atoms with Crippen LogP contribution in [0.5, 0.6) is 0 Å². The second kappa shape index (κ2) is 7.32. The number of nitrogens with zero attached hydrogens (tertiary/aromatic N) is 2. The van der Waals surface area contributed by atoms with E-state index in [-0.39, 0.29) is 0 Å². The molecule has 1 aromatic heterocycles. The van der Waals surface area contributed by atoms with Crippen LogP contribution in [0.1, 0.15) is 42.2 Å². The maximum absolute atomic E-state index is 4.68. The molecular weight excluding hydrogens is 258 g/mol. The summed E-state index contributed by atoms with van der Waals surface area (Å²) in [5.74, 6) is 1.56. The van der Waals surface area contributed by atoms with Crippen molar-refractivity contribution in [3.05, 3.63) is 58.7 Å². The second-order valence-electron chi connectivity index (χ2n) is 6.11. The molecule has 0 aliphatic carbocycles. The maximum Gasteiger partial charge on any atom is 0.133 e. The summed E-state index contributed by atoms with van der Waals surface area (Å²) in [7, 11) is 0. The molecule has 2 rings (SSSR count). The van der Waals surface area contributed by atoms with Crippen molar-refractivity contribution in [2.24, 2.45) is 5.92 Å². The quantitative estimate of drug-likeness (QED) is 0.882. The zero-order chi connectivity index (χ0) is 15.2. The molecule has 1 N–H and O–H groups in total. The van der Waals surface area contributed by atoms with Crippen molar-refractivity contribution in [2.45, 2.75) is 40.7 Å². The number of benzene rings is 1. The van der Waals surface area contributed by atoms with Gasteiger partial charge in [-0.1, -0.05) is 43.7 Å². The molecule has 0 aliphatic heterocycles. The van der Waals surface area contributed by atoms with Gasteiger partial charge in [-0.3, -0.25) is 0 Å². The minimum atomic E-state index is 0.652. The normalized spacial score (nSPS) is 11.1. The summed E-state index contributed by atoms with van der Waals surface area (Å²) in [6, 6.07) is 10.6. The summed E-state index contributed by atoms with van der Waals surface area (Å²) in [5, 5.41) is 3.44. The number of aryl methyl sites for hydroxylation is 2. The molecular formula is C18H25N3.